The lowest BCUT2D eigenvalue weighted by Crippen LogP contribution is -2.37. The number of rotatable bonds is 11. The molecule has 0 rings (SSSR count). The lowest BCUT2D eigenvalue weighted by Gasteiger charge is -2.27. The van der Waals surface area contributed by atoms with Gasteiger partial charge in [0.1, 0.15) is 13.2 Å². The summed E-state index contributed by atoms with van der Waals surface area (Å²) in [5, 5.41) is 0. The number of nitrogens with zero attached hydrogens (tertiary/aromatic N) is 2. The summed E-state index contributed by atoms with van der Waals surface area (Å²) in [5.74, 6) is 0. The maximum atomic E-state index is 11.5. The molecule has 1 N–H and O–H groups in total. The third-order valence-electron chi connectivity index (χ3n) is 2.64. The summed E-state index contributed by atoms with van der Waals surface area (Å²) >= 11 is 11.3. The van der Waals surface area contributed by atoms with Gasteiger partial charge >= 0.3 is 7.82 Å². The highest BCUT2D eigenvalue weighted by Gasteiger charge is 2.26. The van der Waals surface area contributed by atoms with E-state index in [1.165, 1.54) is 0 Å². The zero-order valence-corrected chi connectivity index (χ0v) is 15.6. The third kappa shape index (κ3) is 11.8. The molecule has 0 heterocycles. The van der Waals surface area contributed by atoms with E-state index in [0.717, 1.165) is 3.94 Å². The van der Waals surface area contributed by atoms with Crippen molar-refractivity contribution in [3.8, 4) is 0 Å². The fourth-order valence-corrected chi connectivity index (χ4v) is 1.94. The SMILES string of the molecule is CC(C)(CCCOOP(=O)(O)OCC[N+](C)(C)C)N(Cl)Cl. The van der Waals surface area contributed by atoms with E-state index >= 15 is 0 Å². The molecule has 0 fully saturated rings. The van der Waals surface area contributed by atoms with Gasteiger partial charge in [-0.05, 0) is 50.2 Å². The van der Waals surface area contributed by atoms with Crippen molar-refractivity contribution in [3.63, 3.8) is 0 Å². The second-order valence-electron chi connectivity index (χ2n) is 6.36. The van der Waals surface area contributed by atoms with Crippen LogP contribution in [-0.4, -0.2) is 59.8 Å². The molecule has 7 nitrogen and oxygen atoms in total. The number of phosphoric ester groups is 1. The van der Waals surface area contributed by atoms with Gasteiger partial charge in [-0.15, -0.1) is 8.61 Å². The van der Waals surface area contributed by atoms with Crippen LogP contribution in [0, 0.1) is 0 Å². The molecule has 0 saturated carbocycles. The van der Waals surface area contributed by atoms with Gasteiger partial charge in [0.2, 0.25) is 0 Å². The zero-order chi connectivity index (χ0) is 16.7. The van der Waals surface area contributed by atoms with Gasteiger partial charge in [0.15, 0.2) is 0 Å². The highest BCUT2D eigenvalue weighted by Crippen LogP contribution is 2.43. The second-order valence-corrected chi connectivity index (χ2v) is 8.55. The van der Waals surface area contributed by atoms with Crippen LogP contribution in [0.25, 0.3) is 0 Å². The van der Waals surface area contributed by atoms with Crippen LogP contribution in [0.5, 0.6) is 0 Å². The van der Waals surface area contributed by atoms with Crippen molar-refractivity contribution in [3.05, 3.63) is 0 Å². The van der Waals surface area contributed by atoms with Crippen molar-refractivity contribution in [2.24, 2.45) is 0 Å². The minimum Gasteiger partial charge on any atom is -0.329 e. The molecular weight excluding hydrogens is 342 g/mol. The van der Waals surface area contributed by atoms with Gasteiger partial charge in [0, 0.05) is 5.54 Å². The number of hydrogen-bond donors (Lipinski definition) is 1. The standard InChI is InChI=1S/C11H25Cl2N2O5P/c1-11(2,14(12)13)7-6-9-18-20-21(16,17)19-10-8-15(3,4)5/h6-10H2,1-5H3/p+1. The fraction of sp³-hybridized carbons (Fsp3) is 1.00. The van der Waals surface area contributed by atoms with Crippen LogP contribution < -0.4 is 0 Å². The maximum absolute atomic E-state index is 11.5. The topological polar surface area (TPSA) is 68.2 Å². The zero-order valence-electron chi connectivity index (χ0n) is 13.2. The fourth-order valence-electron chi connectivity index (χ4n) is 1.20. The lowest BCUT2D eigenvalue weighted by atomic mass is 10.0. The molecule has 0 aliphatic rings. The number of phosphoric acid groups is 1. The lowest BCUT2D eigenvalue weighted by molar-refractivity contribution is -0.870. The highest BCUT2D eigenvalue weighted by molar-refractivity contribution is 7.47. The van der Waals surface area contributed by atoms with E-state index < -0.39 is 13.4 Å². The molecule has 0 spiro atoms. The highest BCUT2D eigenvalue weighted by atomic mass is 35.5. The van der Waals surface area contributed by atoms with E-state index in [-0.39, 0.29) is 13.2 Å². The van der Waals surface area contributed by atoms with Gasteiger partial charge in [-0.3, -0.25) is 4.52 Å². The van der Waals surface area contributed by atoms with E-state index in [2.05, 4.69) is 4.67 Å². The summed E-state index contributed by atoms with van der Waals surface area (Å²) in [5.41, 5.74) is -0.420. The van der Waals surface area contributed by atoms with Crippen molar-refractivity contribution >= 4 is 31.4 Å². The third-order valence-corrected chi connectivity index (χ3v) is 4.36. The predicted octanol–water partition coefficient (Wildman–Crippen LogP) is 2.93. The quantitative estimate of drug-likeness (QED) is 0.151. The molecule has 1 unspecified atom stereocenters. The van der Waals surface area contributed by atoms with Crippen molar-refractivity contribution in [2.75, 3.05) is 40.9 Å². The van der Waals surface area contributed by atoms with Gasteiger partial charge in [0.05, 0.1) is 27.7 Å². The molecule has 0 saturated heterocycles. The Morgan fingerprint density at radius 2 is 1.81 bits per heavy atom. The summed E-state index contributed by atoms with van der Waals surface area (Å²) < 4.78 is 22.4. The minimum absolute atomic E-state index is 0.0983. The average Bonchev–Trinajstić information content (AvgIpc) is 2.25. The largest absolute Gasteiger partial charge is 0.499 e. The van der Waals surface area contributed by atoms with Gasteiger partial charge < -0.3 is 9.38 Å². The van der Waals surface area contributed by atoms with Crippen molar-refractivity contribution in [1.82, 2.24) is 3.94 Å². The van der Waals surface area contributed by atoms with Crippen molar-refractivity contribution in [1.29, 1.82) is 0 Å². The Morgan fingerprint density at radius 3 is 2.29 bits per heavy atom. The van der Waals surface area contributed by atoms with Crippen molar-refractivity contribution < 1.29 is 28.0 Å². The molecule has 0 amide bonds. The van der Waals surface area contributed by atoms with E-state index in [0.29, 0.717) is 23.9 Å². The van der Waals surface area contributed by atoms with Crippen LogP contribution in [0.2, 0.25) is 0 Å². The smallest absolute Gasteiger partial charge is 0.329 e. The molecule has 1 atom stereocenters. The molecule has 0 aromatic rings. The summed E-state index contributed by atoms with van der Waals surface area (Å²) in [7, 11) is 1.67. The van der Waals surface area contributed by atoms with Crippen molar-refractivity contribution in [2.45, 2.75) is 32.2 Å². The minimum atomic E-state index is -4.17. The Labute approximate surface area is 137 Å². The van der Waals surface area contributed by atoms with E-state index in [9.17, 15) is 9.46 Å². The van der Waals surface area contributed by atoms with Gasteiger partial charge in [-0.2, -0.15) is 0 Å². The van der Waals surface area contributed by atoms with Crippen LogP contribution in [0.3, 0.4) is 0 Å². The first-order valence-electron chi connectivity index (χ1n) is 6.56. The van der Waals surface area contributed by atoms with Crippen LogP contribution >= 0.6 is 31.4 Å². The Kier molecular flexibility index (Phi) is 9.25. The molecule has 0 aliphatic heterocycles. The van der Waals surface area contributed by atoms with E-state index in [1.807, 2.05) is 35.0 Å². The first-order chi connectivity index (χ1) is 9.36. The number of likely N-dealkylation sites (N-methyl/N-ethyl adjacent to an activating group) is 1. The average molecular weight is 368 g/mol. The first-order valence-corrected chi connectivity index (χ1v) is 8.74. The number of quaternary nitrogens is 1. The van der Waals surface area contributed by atoms with Crippen LogP contribution in [-0.2, 0) is 18.7 Å². The van der Waals surface area contributed by atoms with Crippen LogP contribution in [0.15, 0.2) is 0 Å². The molecule has 21 heavy (non-hydrogen) atoms. The monoisotopic (exact) mass is 367 g/mol. The number of hydrogen-bond acceptors (Lipinski definition) is 5. The predicted molar refractivity (Wildman–Crippen MR) is 82.6 cm³/mol. The van der Waals surface area contributed by atoms with Crippen LogP contribution in [0.1, 0.15) is 26.7 Å². The molecule has 0 aromatic heterocycles. The molecule has 10 heteroatoms. The molecule has 0 aromatic carbocycles. The van der Waals surface area contributed by atoms with Gasteiger partial charge in [-0.25, -0.2) is 9.45 Å². The molecule has 0 radical (unpaired) electrons. The number of halogens is 2. The molecule has 128 valence electrons. The van der Waals surface area contributed by atoms with Gasteiger partial charge in [-0.1, -0.05) is 0 Å². The van der Waals surface area contributed by atoms with Crippen LogP contribution in [0.4, 0.5) is 0 Å². The summed E-state index contributed by atoms with van der Waals surface area (Å²) in [6.07, 6.45) is 1.18. The summed E-state index contributed by atoms with van der Waals surface area (Å²) in [6.45, 7) is 4.52. The molecule has 0 aliphatic carbocycles. The maximum Gasteiger partial charge on any atom is 0.499 e. The Bertz CT molecular complexity index is 350. The molecular formula is C11H26Cl2N2O5P+. The Balaban J connectivity index is 3.83. The van der Waals surface area contributed by atoms with Gasteiger partial charge in [0.25, 0.3) is 0 Å². The summed E-state index contributed by atoms with van der Waals surface area (Å²) in [4.78, 5) is 14.1. The Hall–Kier alpha value is 0.570. The first kappa shape index (κ1) is 21.6. The Morgan fingerprint density at radius 1 is 1.24 bits per heavy atom. The van der Waals surface area contributed by atoms with E-state index in [4.69, 9.17) is 33.0 Å². The normalized spacial score (nSPS) is 16.2. The summed E-state index contributed by atoms with van der Waals surface area (Å²) in [6, 6.07) is 0. The van der Waals surface area contributed by atoms with E-state index in [1.54, 1.807) is 0 Å². The molecule has 0 bridgehead atoms. The second kappa shape index (κ2) is 9.01.